The standard InChI is InChI=1S/C15H18BrN5/c16-13-7-19-21(9-13)14-3-4-20(10-14)8-11-5-17-15(18-6-11)12-1-2-12/h5-7,9,12,14H,1-4,8,10H2. The van der Waals surface area contributed by atoms with Crippen molar-refractivity contribution in [3.63, 3.8) is 0 Å². The fourth-order valence-electron chi connectivity index (χ4n) is 2.94. The first-order valence-electron chi connectivity index (χ1n) is 7.51. The lowest BCUT2D eigenvalue weighted by Crippen LogP contribution is -2.21. The molecule has 1 atom stereocenters. The van der Waals surface area contributed by atoms with Gasteiger partial charge in [0.2, 0.25) is 0 Å². The predicted molar refractivity (Wildman–Crippen MR) is 82.9 cm³/mol. The van der Waals surface area contributed by atoms with Gasteiger partial charge in [-0.1, -0.05) is 0 Å². The van der Waals surface area contributed by atoms with Crippen LogP contribution in [0, 0.1) is 0 Å². The number of hydrogen-bond acceptors (Lipinski definition) is 4. The van der Waals surface area contributed by atoms with Crippen molar-refractivity contribution in [1.29, 1.82) is 0 Å². The number of hydrogen-bond donors (Lipinski definition) is 0. The molecule has 21 heavy (non-hydrogen) atoms. The van der Waals surface area contributed by atoms with Gasteiger partial charge in [-0.3, -0.25) is 9.58 Å². The lowest BCUT2D eigenvalue weighted by molar-refractivity contribution is 0.311. The van der Waals surface area contributed by atoms with Crippen LogP contribution in [0.5, 0.6) is 0 Å². The molecule has 0 radical (unpaired) electrons. The third-order valence-corrected chi connectivity index (χ3v) is 4.68. The summed E-state index contributed by atoms with van der Waals surface area (Å²) in [7, 11) is 0. The van der Waals surface area contributed by atoms with Gasteiger partial charge in [0.05, 0.1) is 16.7 Å². The predicted octanol–water partition coefficient (Wildman–Crippen LogP) is 2.76. The van der Waals surface area contributed by atoms with E-state index in [0.29, 0.717) is 12.0 Å². The largest absolute Gasteiger partial charge is 0.297 e. The van der Waals surface area contributed by atoms with Crippen LogP contribution in [0.3, 0.4) is 0 Å². The molecular weight excluding hydrogens is 330 g/mol. The number of aromatic nitrogens is 4. The second-order valence-electron chi connectivity index (χ2n) is 6.04. The van der Waals surface area contributed by atoms with Gasteiger partial charge in [-0.2, -0.15) is 5.10 Å². The zero-order valence-electron chi connectivity index (χ0n) is 11.8. The molecule has 6 heteroatoms. The van der Waals surface area contributed by atoms with Gasteiger partial charge in [0.1, 0.15) is 5.82 Å². The minimum Gasteiger partial charge on any atom is -0.297 e. The molecule has 5 nitrogen and oxygen atoms in total. The molecule has 3 heterocycles. The molecule has 1 unspecified atom stereocenters. The quantitative estimate of drug-likeness (QED) is 0.853. The maximum absolute atomic E-state index is 4.50. The van der Waals surface area contributed by atoms with Gasteiger partial charge in [0, 0.05) is 49.7 Å². The summed E-state index contributed by atoms with van der Waals surface area (Å²) in [4.78, 5) is 11.5. The van der Waals surface area contributed by atoms with Crippen molar-refractivity contribution in [1.82, 2.24) is 24.6 Å². The fourth-order valence-corrected chi connectivity index (χ4v) is 3.24. The molecule has 1 aliphatic heterocycles. The van der Waals surface area contributed by atoms with Crippen molar-refractivity contribution < 1.29 is 0 Å². The van der Waals surface area contributed by atoms with Crippen LogP contribution in [0.15, 0.2) is 29.3 Å². The molecule has 4 rings (SSSR count). The number of likely N-dealkylation sites (tertiary alicyclic amines) is 1. The normalized spacial score (nSPS) is 22.8. The van der Waals surface area contributed by atoms with E-state index in [1.165, 1.54) is 18.4 Å². The summed E-state index contributed by atoms with van der Waals surface area (Å²) in [6.45, 7) is 3.08. The molecule has 1 saturated heterocycles. The summed E-state index contributed by atoms with van der Waals surface area (Å²) in [5, 5.41) is 4.40. The second kappa shape index (κ2) is 5.50. The Bertz CT molecular complexity index is 619. The Kier molecular flexibility index (Phi) is 3.51. The molecule has 2 aromatic heterocycles. The van der Waals surface area contributed by atoms with Gasteiger partial charge < -0.3 is 0 Å². The van der Waals surface area contributed by atoms with E-state index in [-0.39, 0.29) is 0 Å². The first kappa shape index (κ1) is 13.4. The van der Waals surface area contributed by atoms with E-state index in [0.717, 1.165) is 36.4 Å². The molecule has 0 N–H and O–H groups in total. The van der Waals surface area contributed by atoms with E-state index < -0.39 is 0 Å². The topological polar surface area (TPSA) is 46.8 Å². The molecule has 110 valence electrons. The Morgan fingerprint density at radius 3 is 2.62 bits per heavy atom. The summed E-state index contributed by atoms with van der Waals surface area (Å²) in [6.07, 6.45) is 11.6. The second-order valence-corrected chi connectivity index (χ2v) is 6.96. The van der Waals surface area contributed by atoms with E-state index >= 15 is 0 Å². The lowest BCUT2D eigenvalue weighted by Gasteiger charge is -2.16. The van der Waals surface area contributed by atoms with E-state index in [4.69, 9.17) is 0 Å². The fraction of sp³-hybridized carbons (Fsp3) is 0.533. The van der Waals surface area contributed by atoms with E-state index in [1.54, 1.807) is 0 Å². The lowest BCUT2D eigenvalue weighted by atomic mass is 10.3. The molecule has 2 fully saturated rings. The third kappa shape index (κ3) is 3.01. The van der Waals surface area contributed by atoms with Gasteiger partial charge in [0.15, 0.2) is 0 Å². The maximum atomic E-state index is 4.50. The third-order valence-electron chi connectivity index (χ3n) is 4.27. The molecule has 0 bridgehead atoms. The first-order valence-corrected chi connectivity index (χ1v) is 8.30. The Morgan fingerprint density at radius 2 is 1.95 bits per heavy atom. The van der Waals surface area contributed by atoms with E-state index in [9.17, 15) is 0 Å². The molecule has 1 aliphatic carbocycles. The smallest absolute Gasteiger partial charge is 0.131 e. The van der Waals surface area contributed by atoms with E-state index in [2.05, 4.69) is 46.8 Å². The van der Waals surface area contributed by atoms with Gasteiger partial charge in [-0.15, -0.1) is 0 Å². The zero-order chi connectivity index (χ0) is 14.2. The summed E-state index contributed by atoms with van der Waals surface area (Å²) < 4.78 is 3.11. The van der Waals surface area contributed by atoms with Gasteiger partial charge in [0.25, 0.3) is 0 Å². The minimum atomic E-state index is 0.475. The summed E-state index contributed by atoms with van der Waals surface area (Å²) in [6, 6.07) is 0.475. The SMILES string of the molecule is Brc1cnn(C2CCN(Cc3cnc(C4CC4)nc3)C2)c1. The molecule has 2 aliphatic rings. The molecular formula is C15H18BrN5. The Balaban J connectivity index is 1.37. The molecule has 0 spiro atoms. The van der Waals surface area contributed by atoms with Crippen molar-refractivity contribution in [3.8, 4) is 0 Å². The van der Waals surface area contributed by atoms with Crippen LogP contribution in [0.25, 0.3) is 0 Å². The van der Waals surface area contributed by atoms with Crippen LogP contribution >= 0.6 is 15.9 Å². The summed E-state index contributed by atoms with van der Waals surface area (Å²) in [5.74, 6) is 1.66. The van der Waals surface area contributed by atoms with Crippen molar-refractivity contribution >= 4 is 15.9 Å². The van der Waals surface area contributed by atoms with Crippen LogP contribution in [0.4, 0.5) is 0 Å². The van der Waals surface area contributed by atoms with Gasteiger partial charge in [-0.05, 0) is 35.2 Å². The van der Waals surface area contributed by atoms with Crippen LogP contribution in [-0.2, 0) is 6.54 Å². The summed E-state index contributed by atoms with van der Waals surface area (Å²) >= 11 is 3.46. The monoisotopic (exact) mass is 347 g/mol. The number of halogens is 1. The van der Waals surface area contributed by atoms with Crippen molar-refractivity contribution in [2.45, 2.75) is 37.8 Å². The van der Waals surface area contributed by atoms with Crippen molar-refractivity contribution in [3.05, 3.63) is 40.6 Å². The Morgan fingerprint density at radius 1 is 1.14 bits per heavy atom. The van der Waals surface area contributed by atoms with Gasteiger partial charge in [-0.25, -0.2) is 9.97 Å². The maximum Gasteiger partial charge on any atom is 0.131 e. The van der Waals surface area contributed by atoms with Crippen LogP contribution in [-0.4, -0.2) is 37.7 Å². The van der Waals surface area contributed by atoms with Crippen molar-refractivity contribution in [2.75, 3.05) is 13.1 Å². The molecule has 0 aromatic carbocycles. The Labute approximate surface area is 132 Å². The van der Waals surface area contributed by atoms with Crippen LogP contribution in [0.1, 0.15) is 42.6 Å². The first-order chi connectivity index (χ1) is 10.3. The zero-order valence-corrected chi connectivity index (χ0v) is 13.4. The average Bonchev–Trinajstić information content (AvgIpc) is 3.09. The molecule has 2 aromatic rings. The summed E-state index contributed by atoms with van der Waals surface area (Å²) in [5.41, 5.74) is 1.21. The number of rotatable bonds is 4. The highest BCUT2D eigenvalue weighted by molar-refractivity contribution is 9.10. The molecule has 1 saturated carbocycles. The van der Waals surface area contributed by atoms with Gasteiger partial charge >= 0.3 is 0 Å². The average molecular weight is 348 g/mol. The van der Waals surface area contributed by atoms with Crippen LogP contribution < -0.4 is 0 Å². The number of nitrogens with zero attached hydrogens (tertiary/aromatic N) is 5. The van der Waals surface area contributed by atoms with Crippen molar-refractivity contribution in [2.24, 2.45) is 0 Å². The Hall–Kier alpha value is -1.27. The van der Waals surface area contributed by atoms with E-state index in [1.807, 2.05) is 18.6 Å². The van der Waals surface area contributed by atoms with Crippen LogP contribution in [0.2, 0.25) is 0 Å². The highest BCUT2D eigenvalue weighted by Crippen LogP contribution is 2.37. The highest BCUT2D eigenvalue weighted by atomic mass is 79.9. The molecule has 0 amide bonds. The highest BCUT2D eigenvalue weighted by Gasteiger charge is 2.27. The minimum absolute atomic E-state index is 0.475.